The van der Waals surface area contributed by atoms with Gasteiger partial charge in [0.15, 0.2) is 0 Å². The molecule has 5 heteroatoms. The van der Waals surface area contributed by atoms with Crippen molar-refractivity contribution in [3.8, 4) is 0 Å². The van der Waals surface area contributed by atoms with Gasteiger partial charge in [-0.05, 0) is 31.4 Å². The molecule has 0 aliphatic heterocycles. The fourth-order valence-electron chi connectivity index (χ4n) is 1.40. The van der Waals surface area contributed by atoms with Crippen LogP contribution in [0.5, 0.6) is 0 Å². The Morgan fingerprint density at radius 1 is 1.50 bits per heavy atom. The number of hydrazine groups is 1. The summed E-state index contributed by atoms with van der Waals surface area (Å²) in [5.74, 6) is 5.44. The number of benzene rings is 1. The number of aryl methyl sites for hydroxylation is 1. The largest absolute Gasteiger partial charge is 0.323 e. The lowest BCUT2D eigenvalue weighted by Gasteiger charge is -2.12. The Bertz CT molecular complexity index is 392. The Morgan fingerprint density at radius 3 is 2.81 bits per heavy atom. The molecule has 86 valence electrons. The topological polar surface area (TPSA) is 62.4 Å². The van der Waals surface area contributed by atoms with Crippen LogP contribution in [0, 0.1) is 12.7 Å². The zero-order valence-corrected chi connectivity index (χ0v) is 9.13. The summed E-state index contributed by atoms with van der Waals surface area (Å²) in [5.41, 5.74) is 3.68. The maximum atomic E-state index is 13.5. The molecule has 1 saturated carbocycles. The molecule has 0 radical (unpaired) electrons. The summed E-state index contributed by atoms with van der Waals surface area (Å²) in [6.07, 6.45) is 2.15. The minimum absolute atomic E-state index is 0.307. The van der Waals surface area contributed by atoms with Gasteiger partial charge in [0, 0.05) is 0 Å². The monoisotopic (exact) mass is 222 g/mol. The van der Waals surface area contributed by atoms with Crippen LogP contribution in [0.3, 0.4) is 0 Å². The summed E-state index contributed by atoms with van der Waals surface area (Å²) in [4.78, 5) is 4.29. The van der Waals surface area contributed by atoms with Gasteiger partial charge in [-0.25, -0.2) is 15.2 Å². The minimum Gasteiger partial charge on any atom is -0.323 e. The first-order valence-corrected chi connectivity index (χ1v) is 5.27. The molecule has 2 rings (SSSR count). The standard InChI is InChI=1S/C11H15FN4/c1-7-3-2-4-9(12)10(7)15-11(16-13)14-8-5-6-8/h2-4,8H,5-6,13H2,1H3,(H2,14,15,16). The van der Waals surface area contributed by atoms with Gasteiger partial charge in [0.1, 0.15) is 5.82 Å². The van der Waals surface area contributed by atoms with Crippen molar-refractivity contribution in [3.05, 3.63) is 29.6 Å². The van der Waals surface area contributed by atoms with Crippen molar-refractivity contribution >= 4 is 11.6 Å². The highest BCUT2D eigenvalue weighted by Crippen LogP contribution is 2.24. The van der Waals surface area contributed by atoms with E-state index in [2.05, 4.69) is 15.7 Å². The Hall–Kier alpha value is -1.62. The van der Waals surface area contributed by atoms with Crippen molar-refractivity contribution in [2.24, 2.45) is 10.8 Å². The van der Waals surface area contributed by atoms with E-state index in [0.717, 1.165) is 18.4 Å². The number of nitrogens with one attached hydrogen (secondary N) is 2. The molecular formula is C11H15FN4. The third-order valence-electron chi connectivity index (χ3n) is 2.46. The Kier molecular flexibility index (Phi) is 3.05. The van der Waals surface area contributed by atoms with Crippen molar-refractivity contribution in [1.82, 2.24) is 5.43 Å². The fourth-order valence-corrected chi connectivity index (χ4v) is 1.40. The molecule has 0 spiro atoms. The molecule has 0 saturated heterocycles. The molecule has 1 aliphatic rings. The van der Waals surface area contributed by atoms with Gasteiger partial charge < -0.3 is 5.32 Å². The van der Waals surface area contributed by atoms with Crippen molar-refractivity contribution in [2.75, 3.05) is 5.32 Å². The second kappa shape index (κ2) is 4.49. The zero-order valence-electron chi connectivity index (χ0n) is 9.13. The molecule has 0 unspecified atom stereocenters. The van der Waals surface area contributed by atoms with Crippen molar-refractivity contribution in [2.45, 2.75) is 25.8 Å². The van der Waals surface area contributed by atoms with Crippen LogP contribution < -0.4 is 16.6 Å². The van der Waals surface area contributed by atoms with E-state index < -0.39 is 0 Å². The van der Waals surface area contributed by atoms with Crippen LogP contribution in [0.4, 0.5) is 10.1 Å². The maximum absolute atomic E-state index is 13.5. The Morgan fingerprint density at radius 2 is 2.25 bits per heavy atom. The van der Waals surface area contributed by atoms with E-state index in [1.165, 1.54) is 6.07 Å². The quantitative estimate of drug-likeness (QED) is 0.308. The predicted molar refractivity (Wildman–Crippen MR) is 62.5 cm³/mol. The average Bonchev–Trinajstić information content (AvgIpc) is 3.06. The molecule has 0 atom stereocenters. The summed E-state index contributed by atoms with van der Waals surface area (Å²) < 4.78 is 13.5. The van der Waals surface area contributed by atoms with E-state index in [4.69, 9.17) is 5.84 Å². The molecule has 0 aromatic heterocycles. The number of hydrogen-bond acceptors (Lipinski definition) is 2. The number of nitrogens with zero attached hydrogens (tertiary/aromatic N) is 1. The van der Waals surface area contributed by atoms with Gasteiger partial charge in [0.25, 0.3) is 0 Å². The van der Waals surface area contributed by atoms with Gasteiger partial charge in [-0.15, -0.1) is 0 Å². The molecule has 1 fully saturated rings. The highest BCUT2D eigenvalue weighted by molar-refractivity contribution is 5.94. The van der Waals surface area contributed by atoms with Crippen LogP contribution in [-0.2, 0) is 0 Å². The number of aliphatic imine (C=N–C) groups is 1. The molecule has 16 heavy (non-hydrogen) atoms. The van der Waals surface area contributed by atoms with Gasteiger partial charge in [0.2, 0.25) is 5.96 Å². The van der Waals surface area contributed by atoms with Crippen molar-refractivity contribution in [1.29, 1.82) is 0 Å². The molecule has 0 amide bonds. The first-order valence-electron chi connectivity index (χ1n) is 5.27. The van der Waals surface area contributed by atoms with Crippen molar-refractivity contribution < 1.29 is 4.39 Å². The van der Waals surface area contributed by atoms with Gasteiger partial charge in [0.05, 0.1) is 11.7 Å². The number of hydrogen-bond donors (Lipinski definition) is 3. The summed E-state index contributed by atoms with van der Waals surface area (Å²) in [7, 11) is 0. The number of rotatable bonds is 2. The van der Waals surface area contributed by atoms with Gasteiger partial charge in [-0.3, -0.25) is 5.43 Å². The molecule has 1 aromatic rings. The lowest BCUT2D eigenvalue weighted by molar-refractivity contribution is 0.631. The molecule has 0 heterocycles. The lowest BCUT2D eigenvalue weighted by Crippen LogP contribution is -2.37. The summed E-state index contributed by atoms with van der Waals surface area (Å²) in [5, 5.41) is 2.88. The van der Waals surface area contributed by atoms with E-state index in [1.54, 1.807) is 6.07 Å². The molecular weight excluding hydrogens is 207 g/mol. The second-order valence-electron chi connectivity index (χ2n) is 3.91. The Labute approximate surface area is 93.7 Å². The van der Waals surface area contributed by atoms with E-state index in [0.29, 0.717) is 17.7 Å². The molecule has 1 aromatic carbocycles. The third kappa shape index (κ3) is 2.49. The van der Waals surface area contributed by atoms with Crippen LogP contribution in [0.2, 0.25) is 0 Å². The molecule has 4 N–H and O–H groups in total. The van der Waals surface area contributed by atoms with Crippen LogP contribution in [0.15, 0.2) is 23.2 Å². The molecule has 0 bridgehead atoms. The van der Waals surface area contributed by atoms with E-state index in [1.807, 2.05) is 13.0 Å². The predicted octanol–water partition coefficient (Wildman–Crippen LogP) is 1.53. The van der Waals surface area contributed by atoms with E-state index in [9.17, 15) is 4.39 Å². The third-order valence-corrected chi connectivity index (χ3v) is 2.46. The molecule has 4 nitrogen and oxygen atoms in total. The lowest BCUT2D eigenvalue weighted by atomic mass is 10.2. The van der Waals surface area contributed by atoms with Gasteiger partial charge >= 0.3 is 0 Å². The Balaban J connectivity index is 2.18. The van der Waals surface area contributed by atoms with Crippen LogP contribution >= 0.6 is 0 Å². The van der Waals surface area contributed by atoms with Crippen LogP contribution in [-0.4, -0.2) is 12.0 Å². The molecule has 1 aliphatic carbocycles. The first kappa shape index (κ1) is 10.9. The maximum Gasteiger partial charge on any atom is 0.210 e. The van der Waals surface area contributed by atoms with Crippen molar-refractivity contribution in [3.63, 3.8) is 0 Å². The van der Waals surface area contributed by atoms with Gasteiger partial charge in [-0.1, -0.05) is 12.1 Å². The highest BCUT2D eigenvalue weighted by atomic mass is 19.1. The summed E-state index contributed by atoms with van der Waals surface area (Å²) in [6, 6.07) is 5.23. The average molecular weight is 222 g/mol. The zero-order chi connectivity index (χ0) is 11.5. The number of nitrogens with two attached hydrogens (primary N) is 1. The highest BCUT2D eigenvalue weighted by Gasteiger charge is 2.21. The number of halogens is 1. The number of para-hydroxylation sites is 1. The van der Waals surface area contributed by atoms with Gasteiger partial charge in [-0.2, -0.15) is 0 Å². The summed E-state index contributed by atoms with van der Waals surface area (Å²) >= 11 is 0. The number of anilines is 1. The first-order chi connectivity index (χ1) is 7.70. The SMILES string of the molecule is Cc1cccc(F)c1NC(=NC1CC1)NN. The van der Waals surface area contributed by atoms with E-state index in [-0.39, 0.29) is 5.82 Å². The number of guanidine groups is 1. The minimum atomic E-state index is -0.307. The van der Waals surface area contributed by atoms with Crippen LogP contribution in [0.1, 0.15) is 18.4 Å². The normalized spacial score (nSPS) is 16.1. The smallest absolute Gasteiger partial charge is 0.210 e. The fraction of sp³-hybridized carbons (Fsp3) is 0.364. The summed E-state index contributed by atoms with van der Waals surface area (Å²) in [6.45, 7) is 1.83. The van der Waals surface area contributed by atoms with Crippen LogP contribution in [0.25, 0.3) is 0 Å². The second-order valence-corrected chi connectivity index (χ2v) is 3.91. The van der Waals surface area contributed by atoms with E-state index >= 15 is 0 Å².